The molecule has 0 amide bonds. The molecule has 0 radical (unpaired) electrons. The van der Waals surface area contributed by atoms with E-state index < -0.39 is 0 Å². The third kappa shape index (κ3) is 5.48. The van der Waals surface area contributed by atoms with Gasteiger partial charge in [0.05, 0.1) is 20.8 Å². The average molecular weight is 366 g/mol. The van der Waals surface area contributed by atoms with E-state index in [1.165, 1.54) is 0 Å². The highest BCUT2D eigenvalue weighted by Crippen LogP contribution is 2.30. The van der Waals surface area contributed by atoms with Gasteiger partial charge in [-0.2, -0.15) is 0 Å². The smallest absolute Gasteiger partial charge is 0.185 e. The van der Waals surface area contributed by atoms with Crippen LogP contribution in [0, 0.1) is 0 Å². The second-order valence-electron chi connectivity index (χ2n) is 5.96. The number of allylic oxidation sites excluding steroid dienone is 2. The molecular weight excluding hydrogens is 340 g/mol. The largest absolute Gasteiger partial charge is 0.497 e. The van der Waals surface area contributed by atoms with Crippen LogP contribution in [-0.4, -0.2) is 26.6 Å². The summed E-state index contributed by atoms with van der Waals surface area (Å²) >= 11 is 0. The summed E-state index contributed by atoms with van der Waals surface area (Å²) in [4.78, 5) is 12.5. The topological polar surface area (TPSA) is 44.8 Å². The molecule has 2 aromatic rings. The van der Waals surface area contributed by atoms with Crippen LogP contribution in [-0.2, 0) is 6.42 Å². The zero-order valence-corrected chi connectivity index (χ0v) is 16.2. The van der Waals surface area contributed by atoms with Crippen LogP contribution in [0.5, 0.6) is 17.2 Å². The van der Waals surface area contributed by atoms with Crippen LogP contribution in [0.2, 0.25) is 0 Å². The summed E-state index contributed by atoms with van der Waals surface area (Å²) in [5.41, 5.74) is 2.43. The van der Waals surface area contributed by atoms with Gasteiger partial charge in [-0.3, -0.25) is 4.79 Å². The first-order valence-electron chi connectivity index (χ1n) is 8.94. The molecule has 0 atom stereocenters. The molecule has 0 aliphatic rings. The summed E-state index contributed by atoms with van der Waals surface area (Å²) in [7, 11) is 3.21. The Kier molecular flexibility index (Phi) is 7.68. The van der Waals surface area contributed by atoms with Gasteiger partial charge in [-0.25, -0.2) is 0 Å². The minimum absolute atomic E-state index is 0.0802. The van der Waals surface area contributed by atoms with Gasteiger partial charge in [-0.05, 0) is 54.8 Å². The Morgan fingerprint density at radius 2 is 1.81 bits per heavy atom. The molecule has 4 heteroatoms. The summed E-state index contributed by atoms with van der Waals surface area (Å²) in [5, 5.41) is 0. The lowest BCUT2D eigenvalue weighted by molar-refractivity contribution is 0.104. The van der Waals surface area contributed by atoms with Gasteiger partial charge < -0.3 is 14.2 Å². The normalized spacial score (nSPS) is 10.6. The van der Waals surface area contributed by atoms with E-state index in [0.29, 0.717) is 30.1 Å². The molecule has 0 N–H and O–H groups in total. The maximum atomic E-state index is 12.5. The van der Waals surface area contributed by atoms with E-state index in [1.807, 2.05) is 24.3 Å². The van der Waals surface area contributed by atoms with E-state index in [1.54, 1.807) is 44.6 Å². The van der Waals surface area contributed by atoms with E-state index in [4.69, 9.17) is 14.2 Å². The molecule has 0 unspecified atom stereocenters. The Balaban J connectivity index is 2.25. The number of hydrogen-bond donors (Lipinski definition) is 0. The molecule has 0 aliphatic carbocycles. The third-order valence-electron chi connectivity index (χ3n) is 4.05. The van der Waals surface area contributed by atoms with E-state index >= 15 is 0 Å². The standard InChI is InChI=1S/C23H26O4/c1-5-7-21-18(15-20(25-3)16-23(21)26-4)10-13-22(24)17-8-11-19(12-9-17)27-14-6-2/h5,8-13,15-16H,1,6-7,14H2,2-4H3/b13-10+. The molecule has 2 aromatic carbocycles. The molecule has 142 valence electrons. The lowest BCUT2D eigenvalue weighted by Gasteiger charge is -2.13. The first-order valence-corrected chi connectivity index (χ1v) is 8.94. The SMILES string of the molecule is C=CCc1c(/C=C/C(=O)c2ccc(OCCC)cc2)cc(OC)cc1OC. The first kappa shape index (κ1) is 20.3. The van der Waals surface area contributed by atoms with E-state index in [9.17, 15) is 4.79 Å². The number of carbonyl (C=O) groups excluding carboxylic acids is 1. The van der Waals surface area contributed by atoms with Crippen molar-refractivity contribution in [3.63, 3.8) is 0 Å². The summed E-state index contributed by atoms with van der Waals surface area (Å²) in [5.74, 6) is 2.06. The van der Waals surface area contributed by atoms with Gasteiger partial charge in [0.1, 0.15) is 17.2 Å². The monoisotopic (exact) mass is 366 g/mol. The molecule has 2 rings (SSSR count). The molecule has 0 saturated heterocycles. The maximum absolute atomic E-state index is 12.5. The number of ether oxygens (including phenoxy) is 3. The van der Waals surface area contributed by atoms with E-state index in [2.05, 4.69) is 13.5 Å². The van der Waals surface area contributed by atoms with Crippen molar-refractivity contribution in [2.45, 2.75) is 19.8 Å². The molecule has 0 bridgehead atoms. The predicted molar refractivity (Wildman–Crippen MR) is 109 cm³/mol. The number of carbonyl (C=O) groups is 1. The van der Waals surface area contributed by atoms with Gasteiger partial charge in [0.25, 0.3) is 0 Å². The highest BCUT2D eigenvalue weighted by atomic mass is 16.5. The molecule has 4 nitrogen and oxygen atoms in total. The van der Waals surface area contributed by atoms with Crippen molar-refractivity contribution in [3.05, 3.63) is 71.8 Å². The zero-order valence-electron chi connectivity index (χ0n) is 16.2. The fraction of sp³-hybridized carbons (Fsp3) is 0.261. The van der Waals surface area contributed by atoms with Crippen LogP contribution < -0.4 is 14.2 Å². The predicted octanol–water partition coefficient (Wildman–Crippen LogP) is 5.12. The van der Waals surface area contributed by atoms with Crippen molar-refractivity contribution in [1.82, 2.24) is 0 Å². The Labute approximate surface area is 161 Å². The van der Waals surface area contributed by atoms with Crippen LogP contribution in [0.15, 0.2) is 55.1 Å². The van der Waals surface area contributed by atoms with Gasteiger partial charge in [0.2, 0.25) is 0 Å². The number of ketones is 1. The van der Waals surface area contributed by atoms with Gasteiger partial charge >= 0.3 is 0 Å². The van der Waals surface area contributed by atoms with Gasteiger partial charge in [0, 0.05) is 17.2 Å². The molecule has 0 spiro atoms. The molecule has 27 heavy (non-hydrogen) atoms. The Hall–Kier alpha value is -3.01. The minimum Gasteiger partial charge on any atom is -0.497 e. The van der Waals surface area contributed by atoms with Crippen LogP contribution in [0.3, 0.4) is 0 Å². The van der Waals surface area contributed by atoms with E-state index in [0.717, 1.165) is 23.3 Å². The van der Waals surface area contributed by atoms with Crippen LogP contribution in [0.1, 0.15) is 34.8 Å². The van der Waals surface area contributed by atoms with E-state index in [-0.39, 0.29) is 5.78 Å². The zero-order chi connectivity index (χ0) is 19.6. The first-order chi connectivity index (χ1) is 13.1. The summed E-state index contributed by atoms with van der Waals surface area (Å²) in [6, 6.07) is 10.9. The maximum Gasteiger partial charge on any atom is 0.185 e. The molecule has 0 aliphatic heterocycles. The lowest BCUT2D eigenvalue weighted by Crippen LogP contribution is -1.98. The van der Waals surface area contributed by atoms with Crippen molar-refractivity contribution in [2.24, 2.45) is 0 Å². The fourth-order valence-corrected chi connectivity index (χ4v) is 2.65. The van der Waals surface area contributed by atoms with Crippen molar-refractivity contribution < 1.29 is 19.0 Å². The highest BCUT2D eigenvalue weighted by Gasteiger charge is 2.10. The Morgan fingerprint density at radius 1 is 1.07 bits per heavy atom. The quantitative estimate of drug-likeness (QED) is 0.333. The lowest BCUT2D eigenvalue weighted by atomic mass is 10.0. The second-order valence-corrected chi connectivity index (χ2v) is 5.96. The second kappa shape index (κ2) is 10.2. The van der Waals surface area contributed by atoms with Gasteiger partial charge in [-0.15, -0.1) is 6.58 Å². The fourth-order valence-electron chi connectivity index (χ4n) is 2.65. The molecule has 0 fully saturated rings. The van der Waals surface area contributed by atoms with Crippen molar-refractivity contribution >= 4 is 11.9 Å². The van der Waals surface area contributed by atoms with Crippen LogP contribution in [0.4, 0.5) is 0 Å². The van der Waals surface area contributed by atoms with Crippen LogP contribution in [0.25, 0.3) is 6.08 Å². The third-order valence-corrected chi connectivity index (χ3v) is 4.05. The number of methoxy groups -OCH3 is 2. The summed E-state index contributed by atoms with van der Waals surface area (Å²) in [6.45, 7) is 6.51. The van der Waals surface area contributed by atoms with Crippen molar-refractivity contribution in [1.29, 1.82) is 0 Å². The van der Waals surface area contributed by atoms with Gasteiger partial charge in [0.15, 0.2) is 5.78 Å². The van der Waals surface area contributed by atoms with Crippen molar-refractivity contribution in [3.8, 4) is 17.2 Å². The highest BCUT2D eigenvalue weighted by molar-refractivity contribution is 6.07. The minimum atomic E-state index is -0.0802. The Bertz CT molecular complexity index is 804. The van der Waals surface area contributed by atoms with Crippen LogP contribution >= 0.6 is 0 Å². The number of rotatable bonds is 10. The molecular formula is C23H26O4. The van der Waals surface area contributed by atoms with Crippen molar-refractivity contribution in [2.75, 3.05) is 20.8 Å². The molecule has 0 saturated carbocycles. The molecule has 0 heterocycles. The number of hydrogen-bond acceptors (Lipinski definition) is 4. The molecule has 0 aromatic heterocycles. The summed E-state index contributed by atoms with van der Waals surface area (Å²) in [6.07, 6.45) is 6.72. The number of benzene rings is 2. The Morgan fingerprint density at radius 3 is 2.41 bits per heavy atom. The average Bonchev–Trinajstić information content (AvgIpc) is 2.71. The van der Waals surface area contributed by atoms with Gasteiger partial charge in [-0.1, -0.05) is 19.1 Å². The summed E-state index contributed by atoms with van der Waals surface area (Å²) < 4.78 is 16.3.